The maximum Gasteiger partial charge on any atom is 0.00682 e. The lowest BCUT2D eigenvalue weighted by Crippen LogP contribution is -2.18. The molecule has 1 heteroatoms. The standard InChI is InChI=1S/C14H21N/c1-11-5-3-6-13(12(11)2)7-4-10-15-14-8-9-14/h3,5-6,14-15H,4,7-10H2,1-2H3. The molecule has 0 spiro atoms. The van der Waals surface area contributed by atoms with Gasteiger partial charge >= 0.3 is 0 Å². The monoisotopic (exact) mass is 203 g/mol. The Kier molecular flexibility index (Phi) is 3.42. The van der Waals surface area contributed by atoms with Gasteiger partial charge in [0.1, 0.15) is 0 Å². The van der Waals surface area contributed by atoms with Crippen molar-refractivity contribution in [1.29, 1.82) is 0 Å². The molecule has 1 aliphatic carbocycles. The van der Waals surface area contributed by atoms with Crippen LogP contribution < -0.4 is 5.32 Å². The molecule has 1 aromatic rings. The van der Waals surface area contributed by atoms with E-state index in [9.17, 15) is 0 Å². The van der Waals surface area contributed by atoms with Gasteiger partial charge < -0.3 is 5.32 Å². The Labute approximate surface area is 92.9 Å². The van der Waals surface area contributed by atoms with Crippen molar-refractivity contribution in [2.75, 3.05) is 6.54 Å². The van der Waals surface area contributed by atoms with Crippen LogP contribution in [0.2, 0.25) is 0 Å². The van der Waals surface area contributed by atoms with Crippen LogP contribution in [-0.4, -0.2) is 12.6 Å². The minimum absolute atomic E-state index is 0.851. The molecule has 0 aromatic heterocycles. The fourth-order valence-electron chi connectivity index (χ4n) is 1.96. The van der Waals surface area contributed by atoms with Gasteiger partial charge in [-0.3, -0.25) is 0 Å². The first kappa shape index (κ1) is 10.7. The Bertz CT molecular complexity index is 326. The second-order valence-corrected chi connectivity index (χ2v) is 4.69. The smallest absolute Gasteiger partial charge is 0.00682 e. The molecular weight excluding hydrogens is 182 g/mol. The van der Waals surface area contributed by atoms with Gasteiger partial charge in [-0.25, -0.2) is 0 Å². The van der Waals surface area contributed by atoms with E-state index < -0.39 is 0 Å². The van der Waals surface area contributed by atoms with E-state index >= 15 is 0 Å². The zero-order valence-electron chi connectivity index (χ0n) is 9.84. The Morgan fingerprint density at radius 3 is 2.80 bits per heavy atom. The predicted molar refractivity (Wildman–Crippen MR) is 65.3 cm³/mol. The fourth-order valence-corrected chi connectivity index (χ4v) is 1.96. The molecule has 15 heavy (non-hydrogen) atoms. The Hall–Kier alpha value is -0.820. The van der Waals surface area contributed by atoms with Crippen molar-refractivity contribution >= 4 is 0 Å². The van der Waals surface area contributed by atoms with Crippen molar-refractivity contribution in [1.82, 2.24) is 5.32 Å². The van der Waals surface area contributed by atoms with E-state index in [-0.39, 0.29) is 0 Å². The normalized spacial score (nSPS) is 15.6. The number of aryl methyl sites for hydroxylation is 2. The van der Waals surface area contributed by atoms with Crippen molar-refractivity contribution in [3.63, 3.8) is 0 Å². The van der Waals surface area contributed by atoms with E-state index in [0.717, 1.165) is 6.04 Å². The van der Waals surface area contributed by atoms with Crippen molar-refractivity contribution in [3.8, 4) is 0 Å². The molecule has 1 aliphatic rings. The average molecular weight is 203 g/mol. The summed E-state index contributed by atoms with van der Waals surface area (Å²) in [4.78, 5) is 0. The largest absolute Gasteiger partial charge is 0.314 e. The summed E-state index contributed by atoms with van der Waals surface area (Å²) in [5, 5.41) is 3.56. The van der Waals surface area contributed by atoms with Gasteiger partial charge in [-0.05, 0) is 62.8 Å². The molecule has 0 heterocycles. The Morgan fingerprint density at radius 2 is 2.07 bits per heavy atom. The fraction of sp³-hybridized carbons (Fsp3) is 0.571. The van der Waals surface area contributed by atoms with E-state index in [1.54, 1.807) is 0 Å². The summed E-state index contributed by atoms with van der Waals surface area (Å²) < 4.78 is 0. The minimum Gasteiger partial charge on any atom is -0.314 e. The van der Waals surface area contributed by atoms with Crippen molar-refractivity contribution in [2.45, 2.75) is 45.6 Å². The van der Waals surface area contributed by atoms with Crippen molar-refractivity contribution in [3.05, 3.63) is 34.9 Å². The van der Waals surface area contributed by atoms with Crippen LogP contribution in [0.25, 0.3) is 0 Å². The van der Waals surface area contributed by atoms with Gasteiger partial charge in [0.15, 0.2) is 0 Å². The van der Waals surface area contributed by atoms with Gasteiger partial charge in [0, 0.05) is 6.04 Å². The molecule has 1 aromatic carbocycles. The molecule has 2 rings (SSSR count). The highest BCUT2D eigenvalue weighted by atomic mass is 14.9. The summed E-state index contributed by atoms with van der Waals surface area (Å²) in [6.45, 7) is 5.61. The zero-order chi connectivity index (χ0) is 10.7. The molecule has 0 bridgehead atoms. The van der Waals surface area contributed by atoms with Gasteiger partial charge in [0.2, 0.25) is 0 Å². The lowest BCUT2D eigenvalue weighted by atomic mass is 10.00. The number of hydrogen-bond acceptors (Lipinski definition) is 1. The van der Waals surface area contributed by atoms with E-state index in [2.05, 4.69) is 37.4 Å². The molecular formula is C14H21N. The zero-order valence-corrected chi connectivity index (χ0v) is 9.84. The molecule has 0 amide bonds. The number of nitrogens with one attached hydrogen (secondary N) is 1. The molecule has 0 saturated heterocycles. The van der Waals surface area contributed by atoms with Crippen LogP contribution in [0.15, 0.2) is 18.2 Å². The summed E-state index contributed by atoms with van der Waals surface area (Å²) >= 11 is 0. The maximum absolute atomic E-state index is 3.56. The van der Waals surface area contributed by atoms with Gasteiger partial charge in [-0.15, -0.1) is 0 Å². The SMILES string of the molecule is Cc1cccc(CCCNC2CC2)c1C. The van der Waals surface area contributed by atoms with Crippen LogP contribution in [0.5, 0.6) is 0 Å². The first-order valence-electron chi connectivity index (χ1n) is 6.06. The van der Waals surface area contributed by atoms with E-state index in [1.807, 2.05) is 0 Å². The second kappa shape index (κ2) is 4.80. The topological polar surface area (TPSA) is 12.0 Å². The van der Waals surface area contributed by atoms with Crippen LogP contribution in [0.1, 0.15) is 36.0 Å². The first-order valence-corrected chi connectivity index (χ1v) is 6.06. The summed E-state index contributed by atoms with van der Waals surface area (Å²) in [6.07, 6.45) is 5.26. The van der Waals surface area contributed by atoms with Crippen molar-refractivity contribution < 1.29 is 0 Å². The summed E-state index contributed by atoms with van der Waals surface area (Å²) in [5.74, 6) is 0. The van der Waals surface area contributed by atoms with Crippen LogP contribution in [0, 0.1) is 13.8 Å². The molecule has 0 unspecified atom stereocenters. The van der Waals surface area contributed by atoms with E-state index in [0.29, 0.717) is 0 Å². The summed E-state index contributed by atoms with van der Waals surface area (Å²) in [6, 6.07) is 7.48. The number of rotatable bonds is 5. The Balaban J connectivity index is 1.78. The third-order valence-corrected chi connectivity index (χ3v) is 3.35. The van der Waals surface area contributed by atoms with Gasteiger partial charge in [0.25, 0.3) is 0 Å². The quantitative estimate of drug-likeness (QED) is 0.725. The molecule has 82 valence electrons. The predicted octanol–water partition coefficient (Wildman–Crippen LogP) is 2.99. The average Bonchev–Trinajstić information content (AvgIpc) is 3.02. The van der Waals surface area contributed by atoms with Gasteiger partial charge in [-0.2, -0.15) is 0 Å². The highest BCUT2D eigenvalue weighted by molar-refractivity contribution is 5.33. The molecule has 1 saturated carbocycles. The van der Waals surface area contributed by atoms with Gasteiger partial charge in [-0.1, -0.05) is 18.2 Å². The minimum atomic E-state index is 0.851. The van der Waals surface area contributed by atoms with Crippen LogP contribution in [0.3, 0.4) is 0 Å². The Morgan fingerprint density at radius 1 is 1.27 bits per heavy atom. The lowest BCUT2D eigenvalue weighted by molar-refractivity contribution is 0.644. The third kappa shape index (κ3) is 3.07. The third-order valence-electron chi connectivity index (χ3n) is 3.35. The highest BCUT2D eigenvalue weighted by Crippen LogP contribution is 2.19. The number of hydrogen-bond donors (Lipinski definition) is 1. The molecule has 0 atom stereocenters. The summed E-state index contributed by atoms with van der Waals surface area (Å²) in [5.41, 5.74) is 4.42. The maximum atomic E-state index is 3.56. The van der Waals surface area contributed by atoms with Crippen LogP contribution in [0.4, 0.5) is 0 Å². The van der Waals surface area contributed by atoms with E-state index in [4.69, 9.17) is 0 Å². The van der Waals surface area contributed by atoms with E-state index in [1.165, 1.54) is 48.9 Å². The lowest BCUT2D eigenvalue weighted by Gasteiger charge is -2.08. The molecule has 0 aliphatic heterocycles. The second-order valence-electron chi connectivity index (χ2n) is 4.69. The van der Waals surface area contributed by atoms with Crippen LogP contribution >= 0.6 is 0 Å². The molecule has 1 N–H and O–H groups in total. The number of benzene rings is 1. The highest BCUT2D eigenvalue weighted by Gasteiger charge is 2.19. The van der Waals surface area contributed by atoms with Gasteiger partial charge in [0.05, 0.1) is 0 Å². The van der Waals surface area contributed by atoms with Crippen LogP contribution in [-0.2, 0) is 6.42 Å². The first-order chi connectivity index (χ1) is 7.27. The molecule has 1 fully saturated rings. The molecule has 0 radical (unpaired) electrons. The van der Waals surface area contributed by atoms with Crippen molar-refractivity contribution in [2.24, 2.45) is 0 Å². The molecule has 1 nitrogen and oxygen atoms in total. The summed E-state index contributed by atoms with van der Waals surface area (Å²) in [7, 11) is 0.